The van der Waals surface area contributed by atoms with Crippen LogP contribution in [-0.2, 0) is 0 Å². The summed E-state index contributed by atoms with van der Waals surface area (Å²) in [5.74, 6) is -2.01. The molecular formula is C29H28F2N4O3. The van der Waals surface area contributed by atoms with Crippen molar-refractivity contribution in [3.05, 3.63) is 95.1 Å². The maximum Gasteiger partial charge on any atom is 0.256 e. The van der Waals surface area contributed by atoms with Gasteiger partial charge in [0.2, 0.25) is 0 Å². The Hall–Kier alpha value is -4.27. The highest BCUT2D eigenvalue weighted by atomic mass is 19.1. The fraction of sp³-hybridized carbons (Fsp3) is 0.276. The largest absolute Gasteiger partial charge is 0.367 e. The number of amides is 3. The summed E-state index contributed by atoms with van der Waals surface area (Å²) in [5.41, 5.74) is 1.82. The highest BCUT2D eigenvalue weighted by Gasteiger charge is 2.28. The number of piperazine rings is 1. The molecule has 0 atom stereocenters. The average Bonchev–Trinajstić information content (AvgIpc) is 3.48. The molecule has 0 aliphatic carbocycles. The monoisotopic (exact) mass is 518 g/mol. The fourth-order valence-corrected chi connectivity index (χ4v) is 4.94. The molecule has 0 unspecified atom stereocenters. The van der Waals surface area contributed by atoms with Crippen molar-refractivity contribution in [2.24, 2.45) is 0 Å². The zero-order valence-electron chi connectivity index (χ0n) is 20.8. The highest BCUT2D eigenvalue weighted by Crippen LogP contribution is 2.29. The van der Waals surface area contributed by atoms with Crippen molar-refractivity contribution in [2.75, 3.05) is 49.5 Å². The topological polar surface area (TPSA) is 73.0 Å². The number of benzene rings is 3. The number of nitrogens with one attached hydrogen (secondary N) is 1. The Bertz CT molecular complexity index is 1370. The summed E-state index contributed by atoms with van der Waals surface area (Å²) in [7, 11) is 0. The van der Waals surface area contributed by atoms with Crippen LogP contribution in [0.4, 0.5) is 20.2 Å². The number of carbonyl (C=O) groups is 3. The van der Waals surface area contributed by atoms with E-state index in [1.165, 1.54) is 30.3 Å². The Kier molecular flexibility index (Phi) is 7.35. The Labute approximate surface area is 219 Å². The minimum atomic E-state index is -0.547. The van der Waals surface area contributed by atoms with Gasteiger partial charge in [0.25, 0.3) is 17.7 Å². The van der Waals surface area contributed by atoms with Crippen molar-refractivity contribution in [3.63, 3.8) is 0 Å². The van der Waals surface area contributed by atoms with E-state index in [9.17, 15) is 23.2 Å². The van der Waals surface area contributed by atoms with Gasteiger partial charge < -0.3 is 20.0 Å². The molecule has 38 heavy (non-hydrogen) atoms. The molecule has 1 N–H and O–H groups in total. The van der Waals surface area contributed by atoms with Crippen molar-refractivity contribution >= 4 is 29.1 Å². The first kappa shape index (κ1) is 25.4. The van der Waals surface area contributed by atoms with E-state index in [1.54, 1.807) is 40.1 Å². The zero-order chi connectivity index (χ0) is 26.6. The number of rotatable bonds is 5. The van der Waals surface area contributed by atoms with Crippen LogP contribution < -0.4 is 10.2 Å². The summed E-state index contributed by atoms with van der Waals surface area (Å²) >= 11 is 0. The third-order valence-corrected chi connectivity index (χ3v) is 6.98. The number of nitrogens with zero attached hydrogens (tertiary/aromatic N) is 3. The van der Waals surface area contributed by atoms with Gasteiger partial charge in [-0.3, -0.25) is 14.4 Å². The van der Waals surface area contributed by atoms with Crippen molar-refractivity contribution in [3.8, 4) is 0 Å². The number of hydrogen-bond acceptors (Lipinski definition) is 4. The summed E-state index contributed by atoms with van der Waals surface area (Å²) in [6.07, 6.45) is 1.88. The Balaban J connectivity index is 1.36. The lowest BCUT2D eigenvalue weighted by atomic mass is 10.1. The lowest BCUT2D eigenvalue weighted by molar-refractivity contribution is 0.0738. The van der Waals surface area contributed by atoms with Crippen LogP contribution >= 0.6 is 0 Å². The number of likely N-dealkylation sites (tertiary alicyclic amines) is 1. The van der Waals surface area contributed by atoms with E-state index >= 15 is 0 Å². The third-order valence-electron chi connectivity index (χ3n) is 6.98. The Morgan fingerprint density at radius 3 is 2.08 bits per heavy atom. The third kappa shape index (κ3) is 5.37. The lowest BCUT2D eigenvalue weighted by Crippen LogP contribution is -2.49. The first-order chi connectivity index (χ1) is 18.4. The molecule has 0 spiro atoms. The van der Waals surface area contributed by atoms with Crippen molar-refractivity contribution < 1.29 is 23.2 Å². The van der Waals surface area contributed by atoms with Crippen LogP contribution in [0.1, 0.15) is 43.9 Å². The standard InChI is InChI=1S/C29H28F2N4O3/c30-21-7-5-6-20(18-21)27(36)32-22-10-11-26(24(19-22)29(38)34-12-3-4-13-34)33-14-16-35(17-15-33)28(37)23-8-1-2-9-25(23)31/h1-2,5-11,18-19H,3-4,12-17H2,(H,32,36). The maximum absolute atomic E-state index is 14.1. The van der Waals surface area contributed by atoms with Crippen LogP contribution in [0.25, 0.3) is 0 Å². The number of anilines is 2. The molecule has 5 rings (SSSR count). The minimum Gasteiger partial charge on any atom is -0.367 e. The van der Waals surface area contributed by atoms with Crippen LogP contribution in [0.5, 0.6) is 0 Å². The van der Waals surface area contributed by atoms with E-state index in [4.69, 9.17) is 0 Å². The fourth-order valence-electron chi connectivity index (χ4n) is 4.94. The maximum atomic E-state index is 14.1. The number of carbonyl (C=O) groups excluding carboxylic acids is 3. The normalized spacial score (nSPS) is 15.5. The average molecular weight is 519 g/mol. The molecular weight excluding hydrogens is 490 g/mol. The molecule has 0 saturated carbocycles. The van der Waals surface area contributed by atoms with E-state index < -0.39 is 17.5 Å². The summed E-state index contributed by atoms with van der Waals surface area (Å²) in [4.78, 5) is 44.5. The predicted octanol–water partition coefficient (Wildman–Crippen LogP) is 4.42. The Morgan fingerprint density at radius 2 is 1.37 bits per heavy atom. The molecule has 3 aromatic rings. The van der Waals surface area contributed by atoms with E-state index in [-0.39, 0.29) is 22.9 Å². The van der Waals surface area contributed by atoms with E-state index in [1.807, 2.05) is 4.90 Å². The van der Waals surface area contributed by atoms with Crippen molar-refractivity contribution in [1.29, 1.82) is 0 Å². The zero-order valence-corrected chi connectivity index (χ0v) is 20.8. The number of hydrogen-bond donors (Lipinski definition) is 1. The molecule has 2 aliphatic heterocycles. The molecule has 0 bridgehead atoms. The molecule has 2 fully saturated rings. The molecule has 2 saturated heterocycles. The molecule has 0 aromatic heterocycles. The van der Waals surface area contributed by atoms with Gasteiger partial charge in [-0.1, -0.05) is 18.2 Å². The summed E-state index contributed by atoms with van der Waals surface area (Å²) in [6.45, 7) is 3.03. The molecule has 2 aliphatic rings. The van der Waals surface area contributed by atoms with Gasteiger partial charge in [0.05, 0.1) is 11.1 Å². The lowest BCUT2D eigenvalue weighted by Gasteiger charge is -2.37. The summed E-state index contributed by atoms with van der Waals surface area (Å²) < 4.78 is 27.7. The van der Waals surface area contributed by atoms with E-state index in [0.717, 1.165) is 18.9 Å². The molecule has 196 valence electrons. The second kappa shape index (κ2) is 11.0. The van der Waals surface area contributed by atoms with Gasteiger partial charge in [0.1, 0.15) is 11.6 Å². The van der Waals surface area contributed by atoms with Gasteiger partial charge in [0, 0.05) is 56.2 Å². The van der Waals surface area contributed by atoms with Gasteiger partial charge in [-0.15, -0.1) is 0 Å². The summed E-state index contributed by atoms with van der Waals surface area (Å²) in [6, 6.07) is 16.5. The van der Waals surface area contributed by atoms with Crippen LogP contribution in [0.3, 0.4) is 0 Å². The van der Waals surface area contributed by atoms with Gasteiger partial charge >= 0.3 is 0 Å². The van der Waals surface area contributed by atoms with Gasteiger partial charge in [-0.25, -0.2) is 8.78 Å². The minimum absolute atomic E-state index is 0.0456. The smallest absolute Gasteiger partial charge is 0.256 e. The second-order valence-corrected chi connectivity index (χ2v) is 9.45. The quantitative estimate of drug-likeness (QED) is 0.543. The van der Waals surface area contributed by atoms with Gasteiger partial charge in [0.15, 0.2) is 0 Å². The van der Waals surface area contributed by atoms with Gasteiger partial charge in [-0.05, 0) is 61.4 Å². The summed E-state index contributed by atoms with van der Waals surface area (Å²) in [5, 5.41) is 2.76. The van der Waals surface area contributed by atoms with Crippen LogP contribution in [0, 0.1) is 11.6 Å². The number of halogens is 2. The molecule has 2 heterocycles. The second-order valence-electron chi connectivity index (χ2n) is 9.45. The van der Waals surface area contributed by atoms with Crippen LogP contribution in [0.2, 0.25) is 0 Å². The van der Waals surface area contributed by atoms with Crippen LogP contribution in [0.15, 0.2) is 66.7 Å². The first-order valence-electron chi connectivity index (χ1n) is 12.7. The van der Waals surface area contributed by atoms with Gasteiger partial charge in [-0.2, -0.15) is 0 Å². The van der Waals surface area contributed by atoms with Crippen molar-refractivity contribution in [1.82, 2.24) is 9.80 Å². The predicted molar refractivity (Wildman–Crippen MR) is 140 cm³/mol. The Morgan fingerprint density at radius 1 is 0.684 bits per heavy atom. The van der Waals surface area contributed by atoms with E-state index in [2.05, 4.69) is 5.32 Å². The molecule has 9 heteroatoms. The highest BCUT2D eigenvalue weighted by molar-refractivity contribution is 6.06. The van der Waals surface area contributed by atoms with Crippen molar-refractivity contribution in [2.45, 2.75) is 12.8 Å². The molecule has 0 radical (unpaired) electrons. The molecule has 3 aromatic carbocycles. The van der Waals surface area contributed by atoms with Crippen LogP contribution in [-0.4, -0.2) is 66.8 Å². The SMILES string of the molecule is O=C(Nc1ccc(N2CCN(C(=O)c3ccccc3F)CC2)c(C(=O)N2CCCC2)c1)c1cccc(F)c1. The molecule has 3 amide bonds. The molecule has 7 nitrogen and oxygen atoms in total. The first-order valence-corrected chi connectivity index (χ1v) is 12.7. The van der Waals surface area contributed by atoms with E-state index in [0.29, 0.717) is 56.2 Å².